The van der Waals surface area contributed by atoms with Gasteiger partial charge >= 0.3 is 0 Å². The predicted molar refractivity (Wildman–Crippen MR) is 104 cm³/mol. The second-order valence-corrected chi connectivity index (χ2v) is 7.74. The van der Waals surface area contributed by atoms with Crippen LogP contribution in [0.2, 0.25) is 0 Å². The summed E-state index contributed by atoms with van der Waals surface area (Å²) in [6.07, 6.45) is 3.81. The average molecular weight is 353 g/mol. The fourth-order valence-electron chi connectivity index (χ4n) is 3.33. The zero-order valence-electron chi connectivity index (χ0n) is 14.5. The van der Waals surface area contributed by atoms with E-state index in [1.165, 1.54) is 12.8 Å². The van der Waals surface area contributed by atoms with Crippen molar-refractivity contribution in [1.29, 1.82) is 0 Å². The van der Waals surface area contributed by atoms with Crippen molar-refractivity contribution in [2.24, 2.45) is 5.92 Å². The Morgan fingerprint density at radius 1 is 1.28 bits per heavy atom. The van der Waals surface area contributed by atoms with Gasteiger partial charge in [0.2, 0.25) is 0 Å². The fraction of sp³-hybridized carbons (Fsp3) is 0.400. The minimum atomic E-state index is -0.0250. The van der Waals surface area contributed by atoms with Crippen LogP contribution in [-0.4, -0.2) is 28.0 Å². The molecule has 0 radical (unpaired) electrons. The third kappa shape index (κ3) is 3.67. The van der Waals surface area contributed by atoms with Crippen LogP contribution < -0.4 is 5.56 Å². The van der Waals surface area contributed by atoms with E-state index in [9.17, 15) is 4.79 Å². The van der Waals surface area contributed by atoms with Crippen LogP contribution >= 0.6 is 11.3 Å². The van der Waals surface area contributed by atoms with Crippen molar-refractivity contribution in [3.8, 4) is 11.1 Å². The Labute approximate surface area is 151 Å². The molecule has 0 saturated heterocycles. The van der Waals surface area contributed by atoms with E-state index in [0.29, 0.717) is 5.39 Å². The maximum Gasteiger partial charge on any atom is 0.260 e. The van der Waals surface area contributed by atoms with E-state index >= 15 is 0 Å². The SMILES string of the molecule is CCCN(Cc1nc2scc(-c3ccccc3)c2c(=O)[nH]1)CC1CC1. The average Bonchev–Trinajstić information content (AvgIpc) is 3.32. The van der Waals surface area contributed by atoms with Gasteiger partial charge < -0.3 is 4.98 Å². The molecule has 3 aromatic rings. The summed E-state index contributed by atoms with van der Waals surface area (Å²) < 4.78 is 0. The molecule has 1 aliphatic rings. The van der Waals surface area contributed by atoms with Gasteiger partial charge in [-0.1, -0.05) is 37.3 Å². The molecule has 0 spiro atoms. The highest BCUT2D eigenvalue weighted by atomic mass is 32.1. The summed E-state index contributed by atoms with van der Waals surface area (Å²) in [7, 11) is 0. The molecule has 1 saturated carbocycles. The van der Waals surface area contributed by atoms with Crippen molar-refractivity contribution in [3.63, 3.8) is 0 Å². The van der Waals surface area contributed by atoms with Gasteiger partial charge in [0.15, 0.2) is 0 Å². The molecule has 1 N–H and O–H groups in total. The molecule has 2 aromatic heterocycles. The van der Waals surface area contributed by atoms with Crippen molar-refractivity contribution in [1.82, 2.24) is 14.9 Å². The van der Waals surface area contributed by atoms with Crippen molar-refractivity contribution < 1.29 is 0 Å². The number of hydrogen-bond acceptors (Lipinski definition) is 4. The van der Waals surface area contributed by atoms with E-state index < -0.39 is 0 Å². The molecule has 130 valence electrons. The normalized spacial score (nSPS) is 14.5. The Bertz CT molecular complexity index is 912. The summed E-state index contributed by atoms with van der Waals surface area (Å²) in [5.41, 5.74) is 2.02. The third-order valence-electron chi connectivity index (χ3n) is 4.70. The van der Waals surface area contributed by atoms with Crippen molar-refractivity contribution in [3.05, 3.63) is 51.9 Å². The number of aromatic amines is 1. The van der Waals surface area contributed by atoms with Gasteiger partial charge in [0, 0.05) is 17.5 Å². The smallest absolute Gasteiger partial charge is 0.260 e. The first-order valence-electron chi connectivity index (χ1n) is 9.02. The molecule has 1 fully saturated rings. The predicted octanol–water partition coefficient (Wildman–Crippen LogP) is 4.27. The quantitative estimate of drug-likeness (QED) is 0.690. The van der Waals surface area contributed by atoms with Crippen molar-refractivity contribution in [2.75, 3.05) is 13.1 Å². The van der Waals surface area contributed by atoms with Gasteiger partial charge in [0.25, 0.3) is 5.56 Å². The Balaban J connectivity index is 1.65. The number of nitrogens with one attached hydrogen (secondary N) is 1. The maximum atomic E-state index is 12.7. The van der Waals surface area contributed by atoms with Crippen LogP contribution in [0.15, 0.2) is 40.5 Å². The van der Waals surface area contributed by atoms with Crippen LogP contribution in [-0.2, 0) is 6.54 Å². The Morgan fingerprint density at radius 3 is 2.80 bits per heavy atom. The number of thiophene rings is 1. The van der Waals surface area contributed by atoms with Crippen LogP contribution in [0, 0.1) is 5.92 Å². The largest absolute Gasteiger partial charge is 0.309 e. The molecule has 0 unspecified atom stereocenters. The third-order valence-corrected chi connectivity index (χ3v) is 5.58. The zero-order valence-corrected chi connectivity index (χ0v) is 15.3. The van der Waals surface area contributed by atoms with Crippen LogP contribution in [0.25, 0.3) is 21.3 Å². The first-order valence-corrected chi connectivity index (χ1v) is 9.90. The lowest BCUT2D eigenvalue weighted by atomic mass is 10.1. The highest BCUT2D eigenvalue weighted by Gasteiger charge is 2.24. The number of benzene rings is 1. The van der Waals surface area contributed by atoms with Gasteiger partial charge in [-0.25, -0.2) is 4.98 Å². The standard InChI is InChI=1S/C20H23N3OS/c1-2-10-23(11-14-8-9-14)12-17-21-19(24)18-16(13-25-20(18)22-17)15-6-4-3-5-7-15/h3-7,13-14H,2,8-12H2,1H3,(H,21,22,24). The summed E-state index contributed by atoms with van der Waals surface area (Å²) in [6.45, 7) is 5.10. The summed E-state index contributed by atoms with van der Waals surface area (Å²) in [4.78, 5) is 23.8. The molecule has 4 nitrogen and oxygen atoms in total. The second kappa shape index (κ2) is 7.10. The van der Waals surface area contributed by atoms with Gasteiger partial charge in [-0.2, -0.15) is 0 Å². The molecular weight excluding hydrogens is 330 g/mol. The summed E-state index contributed by atoms with van der Waals surface area (Å²) >= 11 is 1.55. The Kier molecular flexibility index (Phi) is 4.68. The molecule has 0 aliphatic heterocycles. The number of aromatic nitrogens is 2. The van der Waals surface area contributed by atoms with Crippen LogP contribution in [0.3, 0.4) is 0 Å². The van der Waals surface area contributed by atoms with Gasteiger partial charge in [0.05, 0.1) is 11.9 Å². The van der Waals surface area contributed by atoms with E-state index in [4.69, 9.17) is 4.98 Å². The van der Waals surface area contributed by atoms with Crippen molar-refractivity contribution in [2.45, 2.75) is 32.7 Å². The van der Waals surface area contributed by atoms with Gasteiger partial charge in [-0.3, -0.25) is 9.69 Å². The summed E-state index contributed by atoms with van der Waals surface area (Å²) in [5, 5.41) is 2.75. The molecule has 2 heterocycles. The highest BCUT2D eigenvalue weighted by Crippen LogP contribution is 2.31. The number of nitrogens with zero attached hydrogens (tertiary/aromatic N) is 2. The molecular formula is C20H23N3OS. The number of hydrogen-bond donors (Lipinski definition) is 1. The Hall–Kier alpha value is -1.98. The van der Waals surface area contributed by atoms with Crippen LogP contribution in [0.5, 0.6) is 0 Å². The fourth-order valence-corrected chi connectivity index (χ4v) is 4.29. The summed E-state index contributed by atoms with van der Waals surface area (Å²) in [5.74, 6) is 1.63. The molecule has 0 amide bonds. The molecule has 1 aliphatic carbocycles. The molecule has 4 rings (SSSR count). The minimum Gasteiger partial charge on any atom is -0.309 e. The topological polar surface area (TPSA) is 49.0 Å². The lowest BCUT2D eigenvalue weighted by molar-refractivity contribution is 0.249. The molecule has 1 aromatic carbocycles. The number of rotatable bonds is 7. The lowest BCUT2D eigenvalue weighted by Gasteiger charge is -2.20. The van der Waals surface area contributed by atoms with E-state index in [-0.39, 0.29) is 5.56 Å². The second-order valence-electron chi connectivity index (χ2n) is 6.89. The van der Waals surface area contributed by atoms with E-state index in [1.54, 1.807) is 11.3 Å². The molecule has 25 heavy (non-hydrogen) atoms. The van der Waals surface area contributed by atoms with E-state index in [2.05, 4.69) is 16.8 Å². The minimum absolute atomic E-state index is 0.0250. The number of H-pyrrole nitrogens is 1. The van der Waals surface area contributed by atoms with Gasteiger partial charge in [-0.05, 0) is 37.3 Å². The lowest BCUT2D eigenvalue weighted by Crippen LogP contribution is -2.28. The zero-order chi connectivity index (χ0) is 17.2. The van der Waals surface area contributed by atoms with E-state index in [0.717, 1.165) is 53.8 Å². The monoisotopic (exact) mass is 353 g/mol. The maximum absolute atomic E-state index is 12.7. The number of fused-ring (bicyclic) bond motifs is 1. The molecule has 0 atom stereocenters. The van der Waals surface area contributed by atoms with Crippen LogP contribution in [0.4, 0.5) is 0 Å². The first-order chi connectivity index (χ1) is 12.2. The molecule has 5 heteroatoms. The first kappa shape index (κ1) is 16.5. The highest BCUT2D eigenvalue weighted by molar-refractivity contribution is 7.17. The van der Waals surface area contributed by atoms with Crippen LogP contribution in [0.1, 0.15) is 32.0 Å². The van der Waals surface area contributed by atoms with Crippen molar-refractivity contribution >= 4 is 21.6 Å². The van der Waals surface area contributed by atoms with E-state index in [1.807, 2.05) is 35.7 Å². The Morgan fingerprint density at radius 2 is 2.08 bits per heavy atom. The van der Waals surface area contributed by atoms with Gasteiger partial charge in [-0.15, -0.1) is 11.3 Å². The van der Waals surface area contributed by atoms with Gasteiger partial charge in [0.1, 0.15) is 10.7 Å². The molecule has 0 bridgehead atoms. The summed E-state index contributed by atoms with van der Waals surface area (Å²) in [6, 6.07) is 10.0.